The zero-order valence-corrected chi connectivity index (χ0v) is 8.95. The Hall–Kier alpha value is -1.06. The van der Waals surface area contributed by atoms with Crippen LogP contribution in [0.3, 0.4) is 0 Å². The molecule has 1 aromatic rings. The molecule has 14 heavy (non-hydrogen) atoms. The molecule has 0 aliphatic carbocycles. The summed E-state index contributed by atoms with van der Waals surface area (Å²) in [5.41, 5.74) is 0. The molecule has 4 heteroatoms. The molecule has 0 spiro atoms. The van der Waals surface area contributed by atoms with Gasteiger partial charge in [-0.3, -0.25) is 4.79 Å². The van der Waals surface area contributed by atoms with Crippen LogP contribution in [0, 0.1) is 5.92 Å². The predicted octanol–water partition coefficient (Wildman–Crippen LogP) is 2.24. The van der Waals surface area contributed by atoms with Gasteiger partial charge < -0.3 is 10.6 Å². The Balaban J connectivity index is 0. The molecule has 0 saturated carbocycles. The number of halogens is 1. The minimum Gasteiger partial charge on any atom is -0.481 e. The Labute approximate surface area is 88.6 Å². The van der Waals surface area contributed by atoms with Gasteiger partial charge in [0.05, 0.1) is 5.92 Å². The van der Waals surface area contributed by atoms with E-state index in [4.69, 9.17) is 16.7 Å². The lowest BCUT2D eigenvalue weighted by Crippen LogP contribution is -2.03. The van der Waals surface area contributed by atoms with Crippen LogP contribution in [0.5, 0.6) is 0 Å². The number of rotatable bonds is 1. The molecule has 0 unspecified atom stereocenters. The highest BCUT2D eigenvalue weighted by Crippen LogP contribution is 2.03. The monoisotopic (exact) mass is 218 g/mol. The number of carbonyl (C=O) groups is 1. The van der Waals surface area contributed by atoms with Crippen LogP contribution in [-0.2, 0) is 4.79 Å². The Kier molecular flexibility index (Phi) is 9.40. The van der Waals surface area contributed by atoms with Crippen molar-refractivity contribution in [1.82, 2.24) is 0 Å². The normalized spacial score (nSPS) is 8.29. The SMILES string of the molecule is CC(C)C(=O)O.Clc1ccccc1.O. The van der Waals surface area contributed by atoms with Crippen LogP contribution in [0.25, 0.3) is 0 Å². The van der Waals surface area contributed by atoms with Crippen molar-refractivity contribution >= 4 is 17.6 Å². The van der Waals surface area contributed by atoms with Gasteiger partial charge in [0.2, 0.25) is 0 Å². The summed E-state index contributed by atoms with van der Waals surface area (Å²) in [4.78, 5) is 9.70. The molecule has 0 aromatic heterocycles. The van der Waals surface area contributed by atoms with Crippen molar-refractivity contribution in [3.8, 4) is 0 Å². The van der Waals surface area contributed by atoms with E-state index in [2.05, 4.69) is 0 Å². The Morgan fingerprint density at radius 3 is 1.79 bits per heavy atom. The highest BCUT2D eigenvalue weighted by atomic mass is 35.5. The third-order valence-corrected chi connectivity index (χ3v) is 1.48. The van der Waals surface area contributed by atoms with E-state index in [0.29, 0.717) is 0 Å². The second-order valence-corrected chi connectivity index (χ2v) is 3.22. The maximum Gasteiger partial charge on any atom is 0.305 e. The summed E-state index contributed by atoms with van der Waals surface area (Å²) < 4.78 is 0. The van der Waals surface area contributed by atoms with Crippen LogP contribution >= 0.6 is 11.6 Å². The lowest BCUT2D eigenvalue weighted by molar-refractivity contribution is -0.140. The number of aliphatic carboxylic acids is 1. The summed E-state index contributed by atoms with van der Waals surface area (Å²) in [5, 5.41) is 8.78. The topological polar surface area (TPSA) is 68.8 Å². The van der Waals surface area contributed by atoms with Crippen LogP contribution in [0.1, 0.15) is 13.8 Å². The van der Waals surface area contributed by atoms with Crippen molar-refractivity contribution < 1.29 is 15.4 Å². The second-order valence-electron chi connectivity index (χ2n) is 2.79. The van der Waals surface area contributed by atoms with E-state index in [1.807, 2.05) is 30.3 Å². The van der Waals surface area contributed by atoms with Gasteiger partial charge in [-0.05, 0) is 12.1 Å². The molecule has 80 valence electrons. The van der Waals surface area contributed by atoms with Crippen molar-refractivity contribution in [2.45, 2.75) is 13.8 Å². The summed E-state index contributed by atoms with van der Waals surface area (Å²) in [6.45, 7) is 3.28. The first-order chi connectivity index (χ1) is 6.04. The average molecular weight is 219 g/mol. The van der Waals surface area contributed by atoms with Gasteiger partial charge in [-0.2, -0.15) is 0 Å². The molecule has 0 heterocycles. The van der Waals surface area contributed by atoms with Gasteiger partial charge in [-0.1, -0.05) is 43.6 Å². The summed E-state index contributed by atoms with van der Waals surface area (Å²) in [5.74, 6) is -0.972. The van der Waals surface area contributed by atoms with Gasteiger partial charge in [-0.15, -0.1) is 0 Å². The number of carboxylic acids is 1. The molecule has 1 aromatic carbocycles. The molecule has 0 aliphatic rings. The van der Waals surface area contributed by atoms with Crippen LogP contribution < -0.4 is 0 Å². The fraction of sp³-hybridized carbons (Fsp3) is 0.300. The van der Waals surface area contributed by atoms with E-state index in [9.17, 15) is 4.79 Å². The number of hydrogen-bond acceptors (Lipinski definition) is 1. The van der Waals surface area contributed by atoms with Crippen LogP contribution in [0.2, 0.25) is 5.02 Å². The van der Waals surface area contributed by atoms with Crippen molar-refractivity contribution in [3.63, 3.8) is 0 Å². The number of carboxylic acid groups (broad SMARTS) is 1. The number of benzene rings is 1. The molecule has 0 bridgehead atoms. The van der Waals surface area contributed by atoms with E-state index in [0.717, 1.165) is 5.02 Å². The predicted molar refractivity (Wildman–Crippen MR) is 57.5 cm³/mol. The van der Waals surface area contributed by atoms with Crippen LogP contribution in [0.15, 0.2) is 30.3 Å². The fourth-order valence-corrected chi connectivity index (χ4v) is 0.560. The first kappa shape index (κ1) is 15.4. The van der Waals surface area contributed by atoms with E-state index in [-0.39, 0.29) is 11.4 Å². The van der Waals surface area contributed by atoms with Gasteiger partial charge >= 0.3 is 5.97 Å². The molecule has 0 atom stereocenters. The smallest absolute Gasteiger partial charge is 0.305 e. The second kappa shape index (κ2) is 8.53. The van der Waals surface area contributed by atoms with Crippen LogP contribution in [0.4, 0.5) is 0 Å². The molecule has 0 fully saturated rings. The third kappa shape index (κ3) is 9.03. The average Bonchev–Trinajstić information content (AvgIpc) is 2.06. The Morgan fingerprint density at radius 1 is 1.29 bits per heavy atom. The van der Waals surface area contributed by atoms with Crippen molar-refractivity contribution in [2.75, 3.05) is 0 Å². The summed E-state index contributed by atoms with van der Waals surface area (Å²) in [6.07, 6.45) is 0. The maximum absolute atomic E-state index is 9.70. The van der Waals surface area contributed by atoms with Gasteiger partial charge in [-0.25, -0.2) is 0 Å². The summed E-state index contributed by atoms with van der Waals surface area (Å²) >= 11 is 5.54. The largest absolute Gasteiger partial charge is 0.481 e. The molecule has 3 N–H and O–H groups in total. The van der Waals surface area contributed by atoms with E-state index in [1.54, 1.807) is 13.8 Å². The summed E-state index contributed by atoms with van der Waals surface area (Å²) in [7, 11) is 0. The fourth-order valence-electron chi connectivity index (χ4n) is 0.415. The zero-order chi connectivity index (χ0) is 10.3. The van der Waals surface area contributed by atoms with Crippen molar-refractivity contribution in [3.05, 3.63) is 35.4 Å². The van der Waals surface area contributed by atoms with Crippen molar-refractivity contribution in [1.29, 1.82) is 0 Å². The number of hydrogen-bond donors (Lipinski definition) is 1. The van der Waals surface area contributed by atoms with Crippen LogP contribution in [-0.4, -0.2) is 16.6 Å². The third-order valence-electron chi connectivity index (χ3n) is 1.23. The van der Waals surface area contributed by atoms with Gasteiger partial charge in [0.25, 0.3) is 0 Å². The molecule has 0 radical (unpaired) electrons. The quantitative estimate of drug-likeness (QED) is 0.786. The molecule has 0 aliphatic heterocycles. The van der Waals surface area contributed by atoms with Crippen molar-refractivity contribution in [2.24, 2.45) is 5.92 Å². The minimum atomic E-state index is -0.741. The maximum atomic E-state index is 9.70. The Morgan fingerprint density at radius 2 is 1.64 bits per heavy atom. The van der Waals surface area contributed by atoms with Gasteiger partial charge in [0.1, 0.15) is 0 Å². The highest BCUT2D eigenvalue weighted by Gasteiger charge is 1.99. The van der Waals surface area contributed by atoms with Gasteiger partial charge in [0, 0.05) is 5.02 Å². The van der Waals surface area contributed by atoms with E-state index in [1.165, 1.54) is 0 Å². The lowest BCUT2D eigenvalue weighted by Gasteiger charge is -1.89. The zero-order valence-electron chi connectivity index (χ0n) is 8.20. The summed E-state index contributed by atoms with van der Waals surface area (Å²) in [6, 6.07) is 9.44. The van der Waals surface area contributed by atoms with E-state index >= 15 is 0 Å². The van der Waals surface area contributed by atoms with Gasteiger partial charge in [0.15, 0.2) is 0 Å². The minimum absolute atomic E-state index is 0. The molecule has 0 saturated heterocycles. The van der Waals surface area contributed by atoms with E-state index < -0.39 is 5.97 Å². The molecule has 1 rings (SSSR count). The molecule has 0 amide bonds. The standard InChI is InChI=1S/C6H5Cl.C4H8O2.H2O/c7-6-4-2-1-3-5-6;1-3(2)4(5)6;/h1-5H;3H,1-2H3,(H,5,6);1H2. The first-order valence-corrected chi connectivity index (χ1v) is 4.35. The Bertz CT molecular complexity index is 247. The highest BCUT2D eigenvalue weighted by molar-refractivity contribution is 6.30. The molecular formula is C10H15ClO3. The molecular weight excluding hydrogens is 204 g/mol. The lowest BCUT2D eigenvalue weighted by atomic mass is 10.2. The molecule has 3 nitrogen and oxygen atoms in total. The first-order valence-electron chi connectivity index (χ1n) is 3.97.